The van der Waals surface area contributed by atoms with Crippen LogP contribution in [0.5, 0.6) is 5.75 Å². The van der Waals surface area contributed by atoms with E-state index in [0.29, 0.717) is 12.8 Å². The van der Waals surface area contributed by atoms with E-state index in [-0.39, 0.29) is 0 Å². The van der Waals surface area contributed by atoms with Crippen LogP contribution in [0.4, 0.5) is 0 Å². The molecule has 4 heteroatoms. The van der Waals surface area contributed by atoms with E-state index in [1.54, 1.807) is 11.8 Å². The van der Waals surface area contributed by atoms with Crippen LogP contribution in [-0.2, 0) is 19.9 Å². The molecule has 0 radical (unpaired) electrons. The Balaban J connectivity index is 1.96. The molecule has 1 aromatic heterocycles. The molecular formula is C14H18N2O2. The lowest BCUT2D eigenvalue weighted by atomic mass is 10.0. The molecular weight excluding hydrogens is 228 g/mol. The fraction of sp³-hybridized carbons (Fsp3) is 0.357. The maximum Gasteiger partial charge on any atom is 0.119 e. The van der Waals surface area contributed by atoms with Crippen LogP contribution in [0.15, 0.2) is 36.5 Å². The van der Waals surface area contributed by atoms with Crippen LogP contribution in [-0.4, -0.2) is 28.1 Å². The number of methoxy groups -OCH3 is 1. The Morgan fingerprint density at radius 1 is 1.33 bits per heavy atom. The Morgan fingerprint density at radius 3 is 2.83 bits per heavy atom. The third kappa shape index (κ3) is 3.34. The number of aliphatic hydroxyl groups is 1. The van der Waals surface area contributed by atoms with Gasteiger partial charge in [-0.05, 0) is 30.2 Å². The number of benzene rings is 1. The van der Waals surface area contributed by atoms with Gasteiger partial charge in [-0.25, -0.2) is 0 Å². The van der Waals surface area contributed by atoms with Gasteiger partial charge >= 0.3 is 0 Å². The summed E-state index contributed by atoms with van der Waals surface area (Å²) in [6.45, 7) is 0. The van der Waals surface area contributed by atoms with Crippen LogP contribution in [0.3, 0.4) is 0 Å². The Labute approximate surface area is 107 Å². The van der Waals surface area contributed by atoms with E-state index in [1.165, 1.54) is 0 Å². The van der Waals surface area contributed by atoms with Crippen LogP contribution in [0.25, 0.3) is 0 Å². The van der Waals surface area contributed by atoms with E-state index >= 15 is 0 Å². The molecule has 1 aromatic carbocycles. The van der Waals surface area contributed by atoms with Gasteiger partial charge in [-0.15, -0.1) is 0 Å². The Bertz CT molecular complexity index is 508. The molecule has 0 aliphatic carbocycles. The molecule has 0 aliphatic heterocycles. The topological polar surface area (TPSA) is 47.3 Å². The van der Waals surface area contributed by atoms with Gasteiger partial charge in [0, 0.05) is 19.7 Å². The van der Waals surface area contributed by atoms with E-state index in [0.717, 1.165) is 17.0 Å². The highest BCUT2D eigenvalue weighted by Crippen LogP contribution is 2.15. The molecule has 2 aromatic rings. The number of aryl methyl sites for hydroxylation is 1. The molecule has 1 heterocycles. The van der Waals surface area contributed by atoms with Crippen LogP contribution in [0.1, 0.15) is 11.3 Å². The van der Waals surface area contributed by atoms with Crippen LogP contribution in [0.2, 0.25) is 0 Å². The van der Waals surface area contributed by atoms with Gasteiger partial charge in [0.2, 0.25) is 0 Å². The highest BCUT2D eigenvalue weighted by atomic mass is 16.5. The minimum Gasteiger partial charge on any atom is -0.497 e. The van der Waals surface area contributed by atoms with Crippen molar-refractivity contribution in [2.45, 2.75) is 18.9 Å². The summed E-state index contributed by atoms with van der Waals surface area (Å²) in [5.41, 5.74) is 1.98. The van der Waals surface area contributed by atoms with Crippen LogP contribution < -0.4 is 4.74 Å². The maximum atomic E-state index is 10.0. The molecule has 1 atom stereocenters. The van der Waals surface area contributed by atoms with Crippen molar-refractivity contribution in [1.29, 1.82) is 0 Å². The number of aromatic nitrogens is 2. The molecule has 4 nitrogen and oxygen atoms in total. The summed E-state index contributed by atoms with van der Waals surface area (Å²) in [5.74, 6) is 0.817. The van der Waals surface area contributed by atoms with E-state index in [1.807, 2.05) is 43.6 Å². The van der Waals surface area contributed by atoms with Crippen molar-refractivity contribution >= 4 is 0 Å². The quantitative estimate of drug-likeness (QED) is 0.871. The Hall–Kier alpha value is -1.81. The van der Waals surface area contributed by atoms with Crippen LogP contribution >= 0.6 is 0 Å². The van der Waals surface area contributed by atoms with Crippen molar-refractivity contribution in [2.24, 2.45) is 7.05 Å². The van der Waals surface area contributed by atoms with Gasteiger partial charge in [0.05, 0.1) is 18.9 Å². The lowest BCUT2D eigenvalue weighted by Gasteiger charge is -2.10. The second-order valence-corrected chi connectivity index (χ2v) is 4.39. The second kappa shape index (κ2) is 5.69. The zero-order valence-corrected chi connectivity index (χ0v) is 10.7. The van der Waals surface area contributed by atoms with Crippen molar-refractivity contribution in [3.63, 3.8) is 0 Å². The first-order chi connectivity index (χ1) is 8.67. The largest absolute Gasteiger partial charge is 0.497 e. The third-order valence-electron chi connectivity index (χ3n) is 2.82. The van der Waals surface area contributed by atoms with Gasteiger partial charge in [0.1, 0.15) is 5.75 Å². The average Bonchev–Trinajstić information content (AvgIpc) is 2.74. The SMILES string of the molecule is COc1cccc(CC(O)Cc2ccn(C)n2)c1. The molecule has 1 N–H and O–H groups in total. The first-order valence-corrected chi connectivity index (χ1v) is 5.97. The predicted molar refractivity (Wildman–Crippen MR) is 69.6 cm³/mol. The molecule has 18 heavy (non-hydrogen) atoms. The van der Waals surface area contributed by atoms with Gasteiger partial charge in [-0.3, -0.25) is 4.68 Å². The zero-order valence-electron chi connectivity index (χ0n) is 10.7. The third-order valence-corrected chi connectivity index (χ3v) is 2.82. The predicted octanol–water partition coefficient (Wildman–Crippen LogP) is 1.57. The highest BCUT2D eigenvalue weighted by Gasteiger charge is 2.09. The minimum absolute atomic E-state index is 0.424. The first kappa shape index (κ1) is 12.6. The monoisotopic (exact) mass is 246 g/mol. The van der Waals surface area contributed by atoms with Crippen molar-refractivity contribution in [3.8, 4) is 5.75 Å². The summed E-state index contributed by atoms with van der Waals surface area (Å²) in [6, 6.07) is 9.69. The fourth-order valence-electron chi connectivity index (χ4n) is 1.96. The zero-order chi connectivity index (χ0) is 13.0. The van der Waals surface area contributed by atoms with E-state index < -0.39 is 6.10 Å². The normalized spacial score (nSPS) is 12.4. The van der Waals surface area contributed by atoms with Crippen molar-refractivity contribution in [2.75, 3.05) is 7.11 Å². The number of aliphatic hydroxyl groups excluding tert-OH is 1. The number of hydrogen-bond acceptors (Lipinski definition) is 3. The lowest BCUT2D eigenvalue weighted by molar-refractivity contribution is 0.174. The van der Waals surface area contributed by atoms with Crippen molar-refractivity contribution in [3.05, 3.63) is 47.8 Å². The van der Waals surface area contributed by atoms with Gasteiger partial charge in [-0.1, -0.05) is 12.1 Å². The van der Waals surface area contributed by atoms with Crippen LogP contribution in [0, 0.1) is 0 Å². The smallest absolute Gasteiger partial charge is 0.119 e. The highest BCUT2D eigenvalue weighted by molar-refractivity contribution is 5.28. The van der Waals surface area contributed by atoms with E-state index in [9.17, 15) is 5.11 Å². The molecule has 0 aliphatic rings. The molecule has 0 amide bonds. The van der Waals surface area contributed by atoms with Gasteiger partial charge < -0.3 is 9.84 Å². The lowest BCUT2D eigenvalue weighted by Crippen LogP contribution is -2.14. The molecule has 96 valence electrons. The van der Waals surface area contributed by atoms with Gasteiger partial charge in [0.15, 0.2) is 0 Å². The fourth-order valence-corrected chi connectivity index (χ4v) is 1.96. The Morgan fingerprint density at radius 2 is 2.17 bits per heavy atom. The second-order valence-electron chi connectivity index (χ2n) is 4.39. The summed E-state index contributed by atoms with van der Waals surface area (Å²) < 4.78 is 6.90. The molecule has 0 spiro atoms. The summed E-state index contributed by atoms with van der Waals surface area (Å²) in [5, 5.41) is 14.3. The van der Waals surface area contributed by atoms with E-state index in [2.05, 4.69) is 5.10 Å². The number of nitrogens with zero attached hydrogens (tertiary/aromatic N) is 2. The molecule has 0 saturated carbocycles. The summed E-state index contributed by atoms with van der Waals surface area (Å²) in [7, 11) is 3.52. The standard InChI is InChI=1S/C14H18N2O2/c1-16-7-6-12(15-16)10-13(17)8-11-4-3-5-14(9-11)18-2/h3-7,9,13,17H,8,10H2,1-2H3. The molecule has 2 rings (SSSR count). The van der Waals surface area contributed by atoms with Crippen molar-refractivity contribution < 1.29 is 9.84 Å². The number of hydrogen-bond donors (Lipinski definition) is 1. The Kier molecular flexibility index (Phi) is 3.99. The molecule has 0 bridgehead atoms. The number of rotatable bonds is 5. The van der Waals surface area contributed by atoms with Crippen molar-refractivity contribution in [1.82, 2.24) is 9.78 Å². The first-order valence-electron chi connectivity index (χ1n) is 5.97. The molecule has 0 fully saturated rings. The van der Waals surface area contributed by atoms with Gasteiger partial charge in [-0.2, -0.15) is 5.10 Å². The number of ether oxygens (including phenoxy) is 1. The summed E-state index contributed by atoms with van der Waals surface area (Å²) in [4.78, 5) is 0. The summed E-state index contributed by atoms with van der Waals surface area (Å²) >= 11 is 0. The minimum atomic E-state index is -0.424. The molecule has 0 saturated heterocycles. The maximum absolute atomic E-state index is 10.0. The van der Waals surface area contributed by atoms with Gasteiger partial charge in [0.25, 0.3) is 0 Å². The van der Waals surface area contributed by atoms with E-state index in [4.69, 9.17) is 4.74 Å². The molecule has 1 unspecified atom stereocenters. The summed E-state index contributed by atoms with van der Waals surface area (Å²) in [6.07, 6.45) is 2.63. The average molecular weight is 246 g/mol.